The van der Waals surface area contributed by atoms with Crippen LogP contribution in [0.15, 0.2) is 36.4 Å². The molecule has 1 aliphatic carbocycles. The minimum absolute atomic E-state index is 0.561. The fourth-order valence-electron chi connectivity index (χ4n) is 2.57. The molecule has 0 saturated heterocycles. The van der Waals surface area contributed by atoms with Gasteiger partial charge >= 0.3 is 0 Å². The van der Waals surface area contributed by atoms with Crippen molar-refractivity contribution in [2.45, 2.75) is 25.7 Å². The van der Waals surface area contributed by atoms with Gasteiger partial charge in [0.1, 0.15) is 6.07 Å². The highest BCUT2D eigenvalue weighted by atomic mass is 35.5. The van der Waals surface area contributed by atoms with Crippen LogP contribution in [0, 0.1) is 11.3 Å². The molecule has 0 saturated carbocycles. The molecule has 0 unspecified atom stereocenters. The lowest BCUT2D eigenvalue weighted by Gasteiger charge is -2.08. The molecule has 20 heavy (non-hydrogen) atoms. The second kappa shape index (κ2) is 5.83. The Kier molecular flexibility index (Phi) is 3.91. The molecule has 0 aliphatic heterocycles. The van der Waals surface area contributed by atoms with Crippen molar-refractivity contribution in [1.29, 1.82) is 5.26 Å². The highest BCUT2D eigenvalue weighted by molar-refractivity contribution is 7.14. The van der Waals surface area contributed by atoms with E-state index in [2.05, 4.69) is 12.1 Å². The fraction of sp³-hybridized carbons (Fsp3) is 0.235. The van der Waals surface area contributed by atoms with Crippen molar-refractivity contribution in [3.63, 3.8) is 0 Å². The average Bonchev–Trinajstić information content (AvgIpc) is 2.93. The Morgan fingerprint density at radius 3 is 2.60 bits per heavy atom. The summed E-state index contributed by atoms with van der Waals surface area (Å²) in [7, 11) is 0. The molecule has 0 N–H and O–H groups in total. The molecule has 1 heterocycles. The molecule has 1 nitrogen and oxygen atoms in total. The summed E-state index contributed by atoms with van der Waals surface area (Å²) in [6.45, 7) is 0. The molecule has 1 aromatic carbocycles. The number of nitrogens with zero attached hydrogens (tertiary/aromatic N) is 1. The van der Waals surface area contributed by atoms with Gasteiger partial charge in [-0.3, -0.25) is 0 Å². The smallest absolute Gasteiger partial charge is 0.101 e. The van der Waals surface area contributed by atoms with Crippen LogP contribution in [0.2, 0.25) is 0 Å². The summed E-state index contributed by atoms with van der Waals surface area (Å²) in [5.74, 6) is 0. The van der Waals surface area contributed by atoms with Crippen LogP contribution in [0.25, 0.3) is 10.6 Å². The summed E-state index contributed by atoms with van der Waals surface area (Å²) in [5, 5.41) is 10.0. The van der Waals surface area contributed by atoms with Gasteiger partial charge in [-0.1, -0.05) is 41.9 Å². The molecule has 0 spiro atoms. The van der Waals surface area contributed by atoms with Crippen LogP contribution < -0.4 is 0 Å². The molecule has 0 atom stereocenters. The monoisotopic (exact) mass is 299 g/mol. The minimum Gasteiger partial charge on any atom is -0.192 e. The normalized spacial score (nSPS) is 15.2. The van der Waals surface area contributed by atoms with E-state index in [0.29, 0.717) is 10.6 Å². The largest absolute Gasteiger partial charge is 0.192 e. The van der Waals surface area contributed by atoms with Gasteiger partial charge in [0, 0.05) is 9.75 Å². The van der Waals surface area contributed by atoms with Gasteiger partial charge in [0.15, 0.2) is 0 Å². The highest BCUT2D eigenvalue weighted by Gasteiger charge is 2.17. The highest BCUT2D eigenvalue weighted by Crippen LogP contribution is 2.38. The first-order chi connectivity index (χ1) is 9.79. The lowest BCUT2D eigenvalue weighted by atomic mass is 9.99. The lowest BCUT2D eigenvalue weighted by molar-refractivity contribution is 0.697. The number of nitriles is 1. The van der Waals surface area contributed by atoms with Gasteiger partial charge in [-0.15, -0.1) is 11.3 Å². The molecular formula is C17H14ClNS. The van der Waals surface area contributed by atoms with Gasteiger partial charge in [-0.05, 0) is 42.9 Å². The Balaban J connectivity index is 2.05. The molecule has 100 valence electrons. The van der Waals surface area contributed by atoms with E-state index in [-0.39, 0.29) is 0 Å². The van der Waals surface area contributed by atoms with E-state index in [1.807, 2.05) is 30.3 Å². The standard InChI is InChI=1S/C17H14ClNS/c18-17(14(11-19)12-6-2-1-3-7-12)16-10-13-8-4-5-9-15(13)20-16/h1-3,6-7,10H,4-5,8-9H2. The predicted molar refractivity (Wildman–Crippen MR) is 85.7 cm³/mol. The van der Waals surface area contributed by atoms with Gasteiger partial charge in [0.2, 0.25) is 0 Å². The summed E-state index contributed by atoms with van der Waals surface area (Å²) in [5.41, 5.74) is 2.86. The van der Waals surface area contributed by atoms with Crippen LogP contribution in [0.4, 0.5) is 0 Å². The number of halogens is 1. The van der Waals surface area contributed by atoms with Crippen LogP contribution >= 0.6 is 22.9 Å². The van der Waals surface area contributed by atoms with E-state index in [4.69, 9.17) is 11.6 Å². The van der Waals surface area contributed by atoms with Crippen molar-refractivity contribution in [3.05, 3.63) is 57.3 Å². The molecule has 1 aliphatic rings. The van der Waals surface area contributed by atoms with Gasteiger partial charge < -0.3 is 0 Å². The van der Waals surface area contributed by atoms with Crippen molar-refractivity contribution in [1.82, 2.24) is 0 Å². The number of hydrogen-bond acceptors (Lipinski definition) is 2. The Morgan fingerprint density at radius 1 is 1.15 bits per heavy atom. The topological polar surface area (TPSA) is 23.8 Å². The number of fused-ring (bicyclic) bond motifs is 1. The van der Waals surface area contributed by atoms with E-state index < -0.39 is 0 Å². The number of allylic oxidation sites excluding steroid dienone is 1. The Bertz CT molecular complexity index is 668. The maximum Gasteiger partial charge on any atom is 0.101 e. The van der Waals surface area contributed by atoms with Crippen LogP contribution in [0.3, 0.4) is 0 Å². The van der Waals surface area contributed by atoms with E-state index >= 15 is 0 Å². The van der Waals surface area contributed by atoms with E-state index in [9.17, 15) is 5.26 Å². The summed E-state index contributed by atoms with van der Waals surface area (Å²) in [6.07, 6.45) is 4.81. The third kappa shape index (κ3) is 2.52. The summed E-state index contributed by atoms with van der Waals surface area (Å²) in [4.78, 5) is 2.47. The SMILES string of the molecule is N#CC(=C(Cl)c1cc2c(s1)CCCC2)c1ccccc1. The van der Waals surface area contributed by atoms with Crippen molar-refractivity contribution in [2.24, 2.45) is 0 Å². The molecule has 3 heteroatoms. The summed E-state index contributed by atoms with van der Waals surface area (Å²) < 4.78 is 0. The zero-order valence-electron chi connectivity index (χ0n) is 11.0. The molecule has 0 fully saturated rings. The van der Waals surface area contributed by atoms with E-state index in [1.54, 1.807) is 11.3 Å². The fourth-order valence-corrected chi connectivity index (χ4v) is 4.09. The number of benzene rings is 1. The minimum atomic E-state index is 0.561. The second-order valence-electron chi connectivity index (χ2n) is 4.93. The molecular weight excluding hydrogens is 286 g/mol. The number of hydrogen-bond donors (Lipinski definition) is 0. The average molecular weight is 300 g/mol. The van der Waals surface area contributed by atoms with Crippen molar-refractivity contribution in [2.75, 3.05) is 0 Å². The summed E-state index contributed by atoms with van der Waals surface area (Å²) >= 11 is 8.23. The van der Waals surface area contributed by atoms with Gasteiger partial charge in [-0.25, -0.2) is 0 Å². The van der Waals surface area contributed by atoms with E-state index in [1.165, 1.54) is 23.3 Å². The zero-order valence-corrected chi connectivity index (χ0v) is 12.6. The maximum atomic E-state index is 9.43. The second-order valence-corrected chi connectivity index (χ2v) is 6.45. The molecule has 3 rings (SSSR count). The van der Waals surface area contributed by atoms with Gasteiger partial charge in [-0.2, -0.15) is 5.26 Å². The first kappa shape index (κ1) is 13.4. The number of rotatable bonds is 2. The maximum absolute atomic E-state index is 9.43. The van der Waals surface area contributed by atoms with Crippen LogP contribution in [-0.2, 0) is 12.8 Å². The van der Waals surface area contributed by atoms with Crippen molar-refractivity contribution in [3.8, 4) is 6.07 Å². The number of aryl methyl sites for hydroxylation is 2. The lowest BCUT2D eigenvalue weighted by Crippen LogP contribution is -1.96. The molecule has 2 aromatic rings. The molecule has 0 amide bonds. The molecule has 0 bridgehead atoms. The van der Waals surface area contributed by atoms with Crippen LogP contribution in [-0.4, -0.2) is 0 Å². The molecule has 1 aromatic heterocycles. The predicted octanol–water partition coefficient (Wildman–Crippen LogP) is 5.26. The van der Waals surface area contributed by atoms with Gasteiger partial charge in [0.05, 0.1) is 10.6 Å². The van der Waals surface area contributed by atoms with Crippen molar-refractivity contribution >= 4 is 33.5 Å². The van der Waals surface area contributed by atoms with Crippen LogP contribution in [0.5, 0.6) is 0 Å². The van der Waals surface area contributed by atoms with Crippen molar-refractivity contribution < 1.29 is 0 Å². The third-order valence-electron chi connectivity index (χ3n) is 3.61. The number of thiophene rings is 1. The Hall–Kier alpha value is -1.56. The Morgan fingerprint density at radius 2 is 1.90 bits per heavy atom. The van der Waals surface area contributed by atoms with E-state index in [0.717, 1.165) is 23.3 Å². The molecule has 0 radical (unpaired) electrons. The first-order valence-electron chi connectivity index (χ1n) is 6.77. The zero-order chi connectivity index (χ0) is 13.9. The van der Waals surface area contributed by atoms with Crippen LogP contribution in [0.1, 0.15) is 33.7 Å². The third-order valence-corrected chi connectivity index (χ3v) is 5.37. The quantitative estimate of drug-likeness (QED) is 0.694. The summed E-state index contributed by atoms with van der Waals surface area (Å²) in [6, 6.07) is 14.1. The van der Waals surface area contributed by atoms with Gasteiger partial charge in [0.25, 0.3) is 0 Å². The first-order valence-corrected chi connectivity index (χ1v) is 7.96. The Labute approximate surface area is 128 Å².